The fourth-order valence-corrected chi connectivity index (χ4v) is 12.3. The Hall–Kier alpha value is -0.760. The summed E-state index contributed by atoms with van der Waals surface area (Å²) in [5.74, 6) is -0.166. The van der Waals surface area contributed by atoms with Crippen LogP contribution in [0.4, 0.5) is 0 Å². The number of amides is 1. The van der Waals surface area contributed by atoms with Crippen molar-refractivity contribution in [1.82, 2.24) is 5.32 Å². The highest BCUT2D eigenvalue weighted by Gasteiger charge is 2.28. The van der Waals surface area contributed by atoms with Crippen LogP contribution >= 0.6 is 7.82 Å². The van der Waals surface area contributed by atoms with Crippen molar-refractivity contribution in [3.8, 4) is 0 Å². The number of nitrogens with zero attached hydrogens (tertiary/aromatic N) is 1. The van der Waals surface area contributed by atoms with E-state index < -0.39 is 20.0 Å². The molecule has 0 aromatic heterocycles. The Morgan fingerprint density at radius 1 is 0.407 bits per heavy atom. The summed E-state index contributed by atoms with van der Waals surface area (Å²) >= 11 is 0. The van der Waals surface area contributed by atoms with Gasteiger partial charge in [-0.25, -0.2) is 4.57 Å². The third-order valence-electron chi connectivity index (χ3n) is 17.3. The Balaban J connectivity index is 4.00. The van der Waals surface area contributed by atoms with Crippen LogP contribution < -0.4 is 5.32 Å². The molecule has 0 spiro atoms. The van der Waals surface area contributed by atoms with Gasteiger partial charge in [0.2, 0.25) is 5.91 Å². The van der Waals surface area contributed by atoms with Crippen molar-refractivity contribution < 1.29 is 32.9 Å². The van der Waals surface area contributed by atoms with Gasteiger partial charge in [0.15, 0.2) is 0 Å². The number of nitrogens with one attached hydrogen (secondary N) is 1. The van der Waals surface area contributed by atoms with Crippen molar-refractivity contribution in [2.24, 2.45) is 0 Å². The molecule has 0 bridgehead atoms. The van der Waals surface area contributed by atoms with Gasteiger partial charge in [-0.3, -0.25) is 13.8 Å². The van der Waals surface area contributed by atoms with Gasteiger partial charge < -0.3 is 19.8 Å². The third kappa shape index (κ3) is 66.6. The predicted octanol–water partition coefficient (Wildman–Crippen LogP) is 23.3. The number of phosphoric ester groups is 1. The Morgan fingerprint density at radius 2 is 0.654 bits per heavy atom. The van der Waals surface area contributed by atoms with Gasteiger partial charge in [-0.2, -0.15) is 0 Å². The zero-order valence-electron chi connectivity index (χ0n) is 55.6. The zero-order chi connectivity index (χ0) is 59.1. The lowest BCUT2D eigenvalue weighted by molar-refractivity contribution is -0.870. The second kappa shape index (κ2) is 63.7. The summed E-state index contributed by atoms with van der Waals surface area (Å²) in [4.78, 5) is 23.4. The van der Waals surface area contributed by atoms with Gasteiger partial charge in [-0.15, -0.1) is 0 Å². The van der Waals surface area contributed by atoms with E-state index in [-0.39, 0.29) is 19.1 Å². The molecule has 1 amide bonds. The molecule has 0 aromatic carbocycles. The van der Waals surface area contributed by atoms with Crippen molar-refractivity contribution in [3.05, 3.63) is 12.2 Å². The molecule has 0 aromatic rings. The summed E-state index contributed by atoms with van der Waals surface area (Å²) in [6.45, 7) is 4.89. The Morgan fingerprint density at radius 3 is 0.914 bits per heavy atom. The highest BCUT2D eigenvalue weighted by atomic mass is 31.2. The number of carbonyl (C=O) groups is 1. The number of quaternary nitrogens is 1. The molecule has 3 atom stereocenters. The van der Waals surface area contributed by atoms with E-state index in [1.54, 1.807) is 6.08 Å². The number of phosphoric acid groups is 1. The second-order valence-corrected chi connectivity index (χ2v) is 28.1. The minimum absolute atomic E-state index is 0.0656. The first-order valence-electron chi connectivity index (χ1n) is 36.6. The lowest BCUT2D eigenvalue weighted by Gasteiger charge is -2.25. The SMILES string of the molecule is CCCCCCCCCCCCCCCCCCCCCCCCCCCCC/C=C/C(O)C(COP(=O)(O)OCC[N+](C)(C)C)NC(=O)CCCCCCCCCCCCCCCCCCCCCCCCCCCCCCCC. The molecule has 0 heterocycles. The fraction of sp³-hybridized carbons (Fsp3) is 0.958. The Labute approximate surface area is 507 Å². The fourth-order valence-electron chi connectivity index (χ4n) is 11.6. The maximum atomic E-state index is 13.1. The van der Waals surface area contributed by atoms with Crippen molar-refractivity contribution >= 4 is 13.7 Å². The van der Waals surface area contributed by atoms with Crippen molar-refractivity contribution in [2.45, 2.75) is 405 Å². The van der Waals surface area contributed by atoms with E-state index in [1.807, 2.05) is 27.2 Å². The molecule has 0 radical (unpaired) electrons. The van der Waals surface area contributed by atoms with E-state index in [0.717, 1.165) is 32.1 Å². The molecule has 0 fully saturated rings. The molecule has 3 N–H and O–H groups in total. The second-order valence-electron chi connectivity index (χ2n) is 26.7. The van der Waals surface area contributed by atoms with Crippen LogP contribution in [-0.2, 0) is 18.4 Å². The number of unbranched alkanes of at least 4 members (excludes halogenated alkanes) is 56. The van der Waals surface area contributed by atoms with E-state index in [2.05, 4.69) is 19.2 Å². The average Bonchev–Trinajstić information content (AvgIpc) is 3.43. The summed E-state index contributed by atoms with van der Waals surface area (Å²) in [5.41, 5.74) is 0. The normalized spacial score (nSPS) is 13.6. The molecule has 0 rings (SSSR count). The van der Waals surface area contributed by atoms with Crippen LogP contribution in [-0.4, -0.2) is 73.4 Å². The van der Waals surface area contributed by atoms with E-state index in [0.29, 0.717) is 17.4 Å². The molecule has 0 saturated heterocycles. The summed E-state index contributed by atoms with van der Waals surface area (Å²) in [6.07, 6.45) is 82.3. The van der Waals surface area contributed by atoms with E-state index >= 15 is 0 Å². The number of hydrogen-bond acceptors (Lipinski definition) is 5. The van der Waals surface area contributed by atoms with Gasteiger partial charge in [0, 0.05) is 6.42 Å². The van der Waals surface area contributed by atoms with Gasteiger partial charge in [0.1, 0.15) is 13.2 Å². The first-order valence-corrected chi connectivity index (χ1v) is 38.1. The number of hydrogen-bond donors (Lipinski definition) is 3. The van der Waals surface area contributed by atoms with Crippen LogP contribution in [0.2, 0.25) is 0 Å². The van der Waals surface area contributed by atoms with E-state index in [9.17, 15) is 19.4 Å². The first kappa shape index (κ1) is 80.2. The van der Waals surface area contributed by atoms with Crippen LogP contribution in [0.25, 0.3) is 0 Å². The van der Waals surface area contributed by atoms with Crippen LogP contribution in [0.1, 0.15) is 393 Å². The predicted molar refractivity (Wildman–Crippen MR) is 355 cm³/mol. The van der Waals surface area contributed by atoms with Gasteiger partial charge in [-0.05, 0) is 19.3 Å². The highest BCUT2D eigenvalue weighted by Crippen LogP contribution is 2.43. The Kier molecular flexibility index (Phi) is 63.1. The molecular formula is C72H146N2O6P+. The van der Waals surface area contributed by atoms with E-state index in [1.165, 1.54) is 340 Å². The maximum absolute atomic E-state index is 13.1. The highest BCUT2D eigenvalue weighted by molar-refractivity contribution is 7.47. The topological polar surface area (TPSA) is 105 Å². The van der Waals surface area contributed by atoms with Gasteiger partial charge in [0.05, 0.1) is 39.9 Å². The van der Waals surface area contributed by atoms with Crippen LogP contribution in [0.5, 0.6) is 0 Å². The molecule has 8 nitrogen and oxygen atoms in total. The average molecular weight is 1170 g/mol. The largest absolute Gasteiger partial charge is 0.472 e. The molecule has 81 heavy (non-hydrogen) atoms. The molecule has 3 unspecified atom stereocenters. The maximum Gasteiger partial charge on any atom is 0.472 e. The monoisotopic (exact) mass is 1170 g/mol. The Bertz CT molecular complexity index is 1320. The van der Waals surface area contributed by atoms with Crippen LogP contribution in [0, 0.1) is 0 Å². The first-order chi connectivity index (χ1) is 39.5. The lowest BCUT2D eigenvalue weighted by atomic mass is 10.0. The molecule has 0 aliphatic heterocycles. The van der Waals surface area contributed by atoms with Crippen molar-refractivity contribution in [3.63, 3.8) is 0 Å². The quantitative estimate of drug-likeness (QED) is 0.0243. The number of allylic oxidation sites excluding steroid dienone is 1. The number of carbonyl (C=O) groups excluding carboxylic acids is 1. The molecular weight excluding hydrogens is 1020 g/mol. The summed E-state index contributed by atoms with van der Waals surface area (Å²) in [7, 11) is 1.60. The van der Waals surface area contributed by atoms with Crippen molar-refractivity contribution in [2.75, 3.05) is 40.9 Å². The smallest absolute Gasteiger partial charge is 0.387 e. The van der Waals surface area contributed by atoms with Crippen LogP contribution in [0.3, 0.4) is 0 Å². The standard InChI is InChI=1S/C72H145N2O6P/c1-6-8-10-12-14-16-18-20-22-24-26-28-30-32-34-36-38-40-42-44-46-48-50-52-54-56-58-60-62-64-66-72(76)73-70(69-80-81(77,78)79-68-67-74(3,4)5)71(75)65-63-61-59-57-55-53-51-49-47-45-43-41-39-37-35-33-31-29-27-25-23-21-19-17-15-13-11-9-7-2/h63,65,70-71,75H,6-62,64,66-69H2,1-5H3,(H-,73,76,77,78)/p+1/b65-63+. The number of aliphatic hydroxyl groups excluding tert-OH is 1. The van der Waals surface area contributed by atoms with Gasteiger partial charge >= 0.3 is 7.82 Å². The van der Waals surface area contributed by atoms with Crippen molar-refractivity contribution in [1.29, 1.82) is 0 Å². The molecule has 484 valence electrons. The molecule has 0 aliphatic rings. The van der Waals surface area contributed by atoms with Gasteiger partial charge in [-0.1, -0.05) is 379 Å². The van der Waals surface area contributed by atoms with E-state index in [4.69, 9.17) is 9.05 Å². The minimum atomic E-state index is -4.35. The lowest BCUT2D eigenvalue weighted by Crippen LogP contribution is -2.45. The minimum Gasteiger partial charge on any atom is -0.387 e. The third-order valence-corrected chi connectivity index (χ3v) is 18.2. The summed E-state index contributed by atoms with van der Waals surface area (Å²) in [5, 5.41) is 14.0. The zero-order valence-corrected chi connectivity index (χ0v) is 56.5. The summed E-state index contributed by atoms with van der Waals surface area (Å²) in [6, 6.07) is -0.844. The molecule has 0 aliphatic carbocycles. The van der Waals surface area contributed by atoms with Gasteiger partial charge in [0.25, 0.3) is 0 Å². The number of aliphatic hydroxyl groups is 1. The number of rotatable bonds is 69. The molecule has 9 heteroatoms. The number of likely N-dealkylation sites (N-methyl/N-ethyl adjacent to an activating group) is 1. The summed E-state index contributed by atoms with van der Waals surface area (Å²) < 4.78 is 23.9. The van der Waals surface area contributed by atoms with Crippen LogP contribution in [0.15, 0.2) is 12.2 Å². The molecule has 0 saturated carbocycles.